The summed E-state index contributed by atoms with van der Waals surface area (Å²) in [6.45, 7) is 2.85. The van der Waals surface area contributed by atoms with Gasteiger partial charge in [-0.1, -0.05) is 0 Å². The minimum atomic E-state index is -1.58. The third-order valence-electron chi connectivity index (χ3n) is 1.68. The highest BCUT2D eigenvalue weighted by atomic mass is 19.2. The highest BCUT2D eigenvalue weighted by Gasteiger charge is 2.20. The summed E-state index contributed by atoms with van der Waals surface area (Å²) < 4.78 is 60.7. The highest BCUT2D eigenvalue weighted by molar-refractivity contribution is 5.28. The minimum Gasteiger partial charge on any atom is -0.461 e. The van der Waals surface area contributed by atoms with Crippen LogP contribution >= 0.6 is 0 Å². The number of hydrogen-bond donors (Lipinski definition) is 0. The molecular formula is C10H10F4O2. The maximum absolute atomic E-state index is 13.0. The van der Waals surface area contributed by atoms with Crippen molar-refractivity contribution < 1.29 is 27.0 Å². The van der Waals surface area contributed by atoms with E-state index in [-0.39, 0.29) is 12.2 Å². The smallest absolute Gasteiger partial charge is 0.204 e. The zero-order valence-corrected chi connectivity index (χ0v) is 8.69. The van der Waals surface area contributed by atoms with E-state index in [2.05, 4.69) is 4.74 Å². The number of ether oxygens (including phenoxy) is 2. The normalized spacial score (nSPS) is 10.9. The van der Waals surface area contributed by atoms with Gasteiger partial charge in [0.25, 0.3) is 0 Å². The second-order valence-corrected chi connectivity index (χ2v) is 3.27. The van der Waals surface area contributed by atoms with Crippen molar-refractivity contribution in [3.05, 3.63) is 29.3 Å². The first kappa shape index (κ1) is 12.8. The van der Waals surface area contributed by atoms with Crippen molar-refractivity contribution in [3.63, 3.8) is 0 Å². The minimum absolute atomic E-state index is 0.112. The van der Waals surface area contributed by atoms with E-state index in [0.29, 0.717) is 0 Å². The second-order valence-electron chi connectivity index (χ2n) is 3.27. The quantitative estimate of drug-likeness (QED) is 0.456. The molecule has 0 radical (unpaired) electrons. The molecule has 6 heteroatoms. The number of rotatable bonds is 4. The molecule has 90 valence electrons. The molecule has 0 spiro atoms. The van der Waals surface area contributed by atoms with Crippen molar-refractivity contribution in [2.24, 2.45) is 0 Å². The van der Waals surface area contributed by atoms with Crippen molar-refractivity contribution in [2.75, 3.05) is 6.79 Å². The molecule has 0 aliphatic heterocycles. The first-order valence-corrected chi connectivity index (χ1v) is 4.51. The van der Waals surface area contributed by atoms with Crippen molar-refractivity contribution in [1.82, 2.24) is 0 Å². The fraction of sp³-hybridized carbons (Fsp3) is 0.400. The molecule has 0 fully saturated rings. The zero-order valence-electron chi connectivity index (χ0n) is 8.69. The summed E-state index contributed by atoms with van der Waals surface area (Å²) in [5, 5.41) is 0. The summed E-state index contributed by atoms with van der Waals surface area (Å²) >= 11 is 0. The van der Waals surface area contributed by atoms with E-state index in [1.54, 1.807) is 13.8 Å². The van der Waals surface area contributed by atoms with Crippen molar-refractivity contribution in [1.29, 1.82) is 0 Å². The third-order valence-corrected chi connectivity index (χ3v) is 1.68. The fourth-order valence-electron chi connectivity index (χ4n) is 0.907. The first-order chi connectivity index (χ1) is 7.43. The van der Waals surface area contributed by atoms with E-state index < -0.39 is 35.8 Å². The third kappa shape index (κ3) is 2.85. The SMILES string of the molecule is CC(C)OCOc1c(F)c(F)cc(F)c1F. The van der Waals surface area contributed by atoms with Gasteiger partial charge in [-0.2, -0.15) is 8.78 Å². The van der Waals surface area contributed by atoms with Gasteiger partial charge in [-0.25, -0.2) is 8.78 Å². The van der Waals surface area contributed by atoms with Gasteiger partial charge in [0.1, 0.15) is 0 Å². The van der Waals surface area contributed by atoms with E-state index in [1.165, 1.54) is 0 Å². The summed E-state index contributed by atoms with van der Waals surface area (Å²) in [6.07, 6.45) is -0.232. The van der Waals surface area contributed by atoms with Crippen molar-refractivity contribution in [3.8, 4) is 5.75 Å². The maximum atomic E-state index is 13.0. The van der Waals surface area contributed by atoms with E-state index in [4.69, 9.17) is 4.74 Å². The van der Waals surface area contributed by atoms with Crippen LogP contribution in [-0.2, 0) is 4.74 Å². The van der Waals surface area contributed by atoms with Gasteiger partial charge in [0, 0.05) is 6.07 Å². The van der Waals surface area contributed by atoms with Crippen LogP contribution in [0.1, 0.15) is 13.8 Å². The fourth-order valence-corrected chi connectivity index (χ4v) is 0.907. The number of halogens is 4. The van der Waals surface area contributed by atoms with Crippen LogP contribution in [0.3, 0.4) is 0 Å². The summed E-state index contributed by atoms with van der Waals surface area (Å²) in [7, 11) is 0. The lowest BCUT2D eigenvalue weighted by Gasteiger charge is -2.11. The molecule has 1 aromatic carbocycles. The molecule has 0 heterocycles. The van der Waals surface area contributed by atoms with Gasteiger partial charge in [-0.3, -0.25) is 0 Å². The summed E-state index contributed by atoms with van der Waals surface area (Å²) in [5.74, 6) is -7.30. The Balaban J connectivity index is 2.86. The van der Waals surface area contributed by atoms with E-state index in [1.807, 2.05) is 0 Å². The number of hydrogen-bond acceptors (Lipinski definition) is 2. The average Bonchev–Trinajstić information content (AvgIpc) is 2.20. The molecule has 0 aliphatic carbocycles. The molecule has 0 N–H and O–H groups in total. The van der Waals surface area contributed by atoms with Crippen LogP contribution in [0.2, 0.25) is 0 Å². The predicted molar refractivity (Wildman–Crippen MR) is 48.0 cm³/mol. The topological polar surface area (TPSA) is 18.5 Å². The summed E-state index contributed by atoms with van der Waals surface area (Å²) in [5.41, 5.74) is 0. The lowest BCUT2D eigenvalue weighted by Crippen LogP contribution is -2.11. The molecule has 0 unspecified atom stereocenters. The van der Waals surface area contributed by atoms with Gasteiger partial charge in [0.2, 0.25) is 11.6 Å². The Morgan fingerprint density at radius 3 is 2.00 bits per heavy atom. The first-order valence-electron chi connectivity index (χ1n) is 4.51. The van der Waals surface area contributed by atoms with E-state index in [0.717, 1.165) is 0 Å². The molecule has 2 nitrogen and oxygen atoms in total. The van der Waals surface area contributed by atoms with E-state index in [9.17, 15) is 17.6 Å². The molecule has 16 heavy (non-hydrogen) atoms. The molecule has 0 saturated carbocycles. The maximum Gasteiger partial charge on any atom is 0.204 e. The summed E-state index contributed by atoms with van der Waals surface area (Å²) in [4.78, 5) is 0. The molecular weight excluding hydrogens is 228 g/mol. The molecule has 0 saturated heterocycles. The molecule has 0 amide bonds. The lowest BCUT2D eigenvalue weighted by atomic mass is 10.3. The molecule has 0 aromatic heterocycles. The monoisotopic (exact) mass is 238 g/mol. The van der Waals surface area contributed by atoms with Crippen LogP contribution in [0.25, 0.3) is 0 Å². The van der Waals surface area contributed by atoms with Crippen LogP contribution in [-0.4, -0.2) is 12.9 Å². The predicted octanol–water partition coefficient (Wildman–Crippen LogP) is 3.00. The largest absolute Gasteiger partial charge is 0.461 e. The van der Waals surface area contributed by atoms with Crippen molar-refractivity contribution in [2.45, 2.75) is 20.0 Å². The van der Waals surface area contributed by atoms with Gasteiger partial charge >= 0.3 is 0 Å². The van der Waals surface area contributed by atoms with Gasteiger partial charge in [0.05, 0.1) is 6.10 Å². The van der Waals surface area contributed by atoms with Crippen LogP contribution in [0.5, 0.6) is 5.75 Å². The van der Waals surface area contributed by atoms with Crippen LogP contribution in [0.15, 0.2) is 6.07 Å². The Kier molecular flexibility index (Phi) is 4.12. The molecule has 1 aromatic rings. The van der Waals surface area contributed by atoms with Crippen LogP contribution in [0, 0.1) is 23.3 Å². The Labute approximate surface area is 89.8 Å². The Bertz CT molecular complexity index is 353. The van der Waals surface area contributed by atoms with Gasteiger partial charge in [0.15, 0.2) is 24.2 Å². The van der Waals surface area contributed by atoms with Crippen LogP contribution in [0.4, 0.5) is 17.6 Å². The van der Waals surface area contributed by atoms with Gasteiger partial charge in [-0.15, -0.1) is 0 Å². The standard InChI is InChI=1S/C10H10F4O2/c1-5(2)15-4-16-10-8(13)6(11)3-7(12)9(10)14/h3,5H,4H2,1-2H3. The zero-order chi connectivity index (χ0) is 12.3. The Hall–Kier alpha value is -1.30. The average molecular weight is 238 g/mol. The summed E-state index contributed by atoms with van der Waals surface area (Å²) in [6, 6.07) is 0.112. The van der Waals surface area contributed by atoms with Crippen molar-refractivity contribution >= 4 is 0 Å². The van der Waals surface area contributed by atoms with E-state index >= 15 is 0 Å². The lowest BCUT2D eigenvalue weighted by molar-refractivity contribution is -0.0240. The van der Waals surface area contributed by atoms with Gasteiger partial charge < -0.3 is 9.47 Å². The second kappa shape index (κ2) is 5.16. The molecule has 0 atom stereocenters. The molecule has 0 bridgehead atoms. The molecule has 1 rings (SSSR count). The Morgan fingerprint density at radius 2 is 1.56 bits per heavy atom. The molecule has 0 aliphatic rings. The number of benzene rings is 1. The van der Waals surface area contributed by atoms with Crippen LogP contribution < -0.4 is 4.74 Å². The highest BCUT2D eigenvalue weighted by Crippen LogP contribution is 2.26. The van der Waals surface area contributed by atoms with Gasteiger partial charge in [-0.05, 0) is 13.8 Å². The Morgan fingerprint density at radius 1 is 1.06 bits per heavy atom.